The maximum absolute atomic E-state index is 12.4. The number of aryl methyl sites for hydroxylation is 2. The van der Waals surface area contributed by atoms with Gasteiger partial charge in [0.25, 0.3) is 5.91 Å². The molecule has 0 spiro atoms. The largest absolute Gasteiger partial charge is 0.331 e. The zero-order valence-electron chi connectivity index (χ0n) is 13.5. The topological polar surface area (TPSA) is 64.0 Å². The second-order valence-electron chi connectivity index (χ2n) is 5.54. The summed E-state index contributed by atoms with van der Waals surface area (Å²) in [5.74, 6) is 0.0576. The molecule has 3 aromatic rings. The molecule has 0 fully saturated rings. The highest BCUT2D eigenvalue weighted by Crippen LogP contribution is 2.15. The molecule has 1 heterocycles. The summed E-state index contributed by atoms with van der Waals surface area (Å²) in [4.78, 5) is 28.7. The molecule has 1 N–H and O–H groups in total. The molecular formula is C19H17N3O2. The first-order valence-electron chi connectivity index (χ1n) is 7.55. The lowest BCUT2D eigenvalue weighted by Gasteiger charge is -2.08. The number of nitrogens with zero attached hydrogens (tertiary/aromatic N) is 2. The molecule has 1 aromatic heterocycles. The lowest BCUT2D eigenvalue weighted by Crippen LogP contribution is -2.13. The van der Waals surface area contributed by atoms with E-state index < -0.39 is 0 Å². The Hall–Kier alpha value is -3.21. The minimum atomic E-state index is -0.170. The number of anilines is 1. The van der Waals surface area contributed by atoms with E-state index >= 15 is 0 Å². The van der Waals surface area contributed by atoms with Crippen molar-refractivity contribution in [3.05, 3.63) is 83.4 Å². The Morgan fingerprint density at radius 1 is 1.04 bits per heavy atom. The van der Waals surface area contributed by atoms with Gasteiger partial charge < -0.3 is 9.88 Å². The summed E-state index contributed by atoms with van der Waals surface area (Å²) in [6, 6.07) is 14.2. The SMILES string of the molecule is Cc1ccccc1C(=O)Nc1ccc(C(=O)c2nccn2C)cc1. The molecule has 5 heteroatoms. The number of carbonyl (C=O) groups excluding carboxylic acids is 2. The first-order chi connectivity index (χ1) is 11.6. The number of amides is 1. The lowest BCUT2D eigenvalue weighted by atomic mass is 10.1. The Morgan fingerprint density at radius 3 is 2.38 bits per heavy atom. The molecule has 0 radical (unpaired) electrons. The van der Waals surface area contributed by atoms with E-state index in [0.717, 1.165) is 5.56 Å². The molecule has 1 amide bonds. The van der Waals surface area contributed by atoms with Gasteiger partial charge in [-0.3, -0.25) is 9.59 Å². The van der Waals surface area contributed by atoms with Crippen LogP contribution in [0.25, 0.3) is 0 Å². The van der Waals surface area contributed by atoms with Crippen LogP contribution in [0.4, 0.5) is 5.69 Å². The number of carbonyl (C=O) groups is 2. The van der Waals surface area contributed by atoms with Crippen LogP contribution in [0.1, 0.15) is 32.1 Å². The number of nitrogens with one attached hydrogen (secondary N) is 1. The van der Waals surface area contributed by atoms with E-state index in [1.165, 1.54) is 0 Å². The fourth-order valence-corrected chi connectivity index (χ4v) is 2.44. The molecule has 24 heavy (non-hydrogen) atoms. The normalized spacial score (nSPS) is 10.4. The Morgan fingerprint density at radius 2 is 1.75 bits per heavy atom. The van der Waals surface area contributed by atoms with Gasteiger partial charge in [0, 0.05) is 36.3 Å². The Balaban J connectivity index is 1.76. The van der Waals surface area contributed by atoms with Gasteiger partial charge in [-0.15, -0.1) is 0 Å². The standard InChI is InChI=1S/C19H17N3O2/c1-13-5-3-4-6-16(13)19(24)21-15-9-7-14(8-10-15)17(23)18-20-11-12-22(18)2/h3-12H,1-2H3,(H,21,24). The van der Waals surface area contributed by atoms with Crippen LogP contribution in [0.3, 0.4) is 0 Å². The van der Waals surface area contributed by atoms with E-state index in [1.54, 1.807) is 54.3 Å². The van der Waals surface area contributed by atoms with Gasteiger partial charge in [0.15, 0.2) is 5.82 Å². The fourth-order valence-electron chi connectivity index (χ4n) is 2.44. The zero-order valence-corrected chi connectivity index (χ0v) is 13.5. The average Bonchev–Trinajstić information content (AvgIpc) is 3.01. The Labute approximate surface area is 140 Å². The lowest BCUT2D eigenvalue weighted by molar-refractivity contribution is 0.101. The minimum absolute atomic E-state index is 0.153. The molecule has 120 valence electrons. The van der Waals surface area contributed by atoms with Gasteiger partial charge in [0.2, 0.25) is 5.78 Å². The smallest absolute Gasteiger partial charge is 0.255 e. The molecule has 0 atom stereocenters. The maximum Gasteiger partial charge on any atom is 0.255 e. The first-order valence-corrected chi connectivity index (χ1v) is 7.55. The van der Waals surface area contributed by atoms with Crippen LogP contribution in [-0.4, -0.2) is 21.2 Å². The molecule has 0 bridgehead atoms. The van der Waals surface area contributed by atoms with Crippen molar-refractivity contribution in [2.45, 2.75) is 6.92 Å². The maximum atomic E-state index is 12.4. The van der Waals surface area contributed by atoms with Crippen molar-refractivity contribution < 1.29 is 9.59 Å². The summed E-state index contributed by atoms with van der Waals surface area (Å²) >= 11 is 0. The van der Waals surface area contributed by atoms with Crippen LogP contribution in [0.5, 0.6) is 0 Å². The predicted octanol–water partition coefficient (Wildman–Crippen LogP) is 3.21. The van der Waals surface area contributed by atoms with E-state index in [4.69, 9.17) is 0 Å². The van der Waals surface area contributed by atoms with Gasteiger partial charge in [0.05, 0.1) is 0 Å². The Bertz CT molecular complexity index is 895. The molecule has 0 saturated carbocycles. The predicted molar refractivity (Wildman–Crippen MR) is 92.2 cm³/mol. The third-order valence-corrected chi connectivity index (χ3v) is 3.82. The number of ketones is 1. The molecule has 3 rings (SSSR count). The van der Waals surface area contributed by atoms with Crippen LogP contribution in [-0.2, 0) is 7.05 Å². The van der Waals surface area contributed by atoms with Gasteiger partial charge in [-0.1, -0.05) is 18.2 Å². The van der Waals surface area contributed by atoms with Crippen LogP contribution in [0, 0.1) is 6.92 Å². The molecule has 0 aliphatic rings. The quantitative estimate of drug-likeness (QED) is 0.751. The number of aromatic nitrogens is 2. The summed E-state index contributed by atoms with van der Waals surface area (Å²) < 4.78 is 1.68. The van der Waals surface area contributed by atoms with Crippen LogP contribution < -0.4 is 5.32 Å². The molecule has 5 nitrogen and oxygen atoms in total. The Kier molecular flexibility index (Phi) is 4.24. The van der Waals surface area contributed by atoms with Crippen molar-refractivity contribution in [2.24, 2.45) is 7.05 Å². The molecule has 0 saturated heterocycles. The van der Waals surface area contributed by atoms with Crippen molar-refractivity contribution >= 4 is 17.4 Å². The number of rotatable bonds is 4. The van der Waals surface area contributed by atoms with E-state index in [1.807, 2.05) is 25.1 Å². The van der Waals surface area contributed by atoms with E-state index in [-0.39, 0.29) is 11.7 Å². The van der Waals surface area contributed by atoms with Crippen molar-refractivity contribution in [1.82, 2.24) is 9.55 Å². The van der Waals surface area contributed by atoms with Crippen LogP contribution in [0.2, 0.25) is 0 Å². The first kappa shape index (κ1) is 15.7. The van der Waals surface area contributed by atoms with E-state index in [2.05, 4.69) is 10.3 Å². The summed E-state index contributed by atoms with van der Waals surface area (Å²) in [6.45, 7) is 1.89. The number of benzene rings is 2. The summed E-state index contributed by atoms with van der Waals surface area (Å²) in [5.41, 5.74) is 2.71. The van der Waals surface area contributed by atoms with Crippen LogP contribution >= 0.6 is 0 Å². The van der Waals surface area contributed by atoms with Gasteiger partial charge in [0.1, 0.15) is 0 Å². The molecule has 0 aliphatic heterocycles. The highest BCUT2D eigenvalue weighted by molar-refractivity contribution is 6.08. The summed E-state index contributed by atoms with van der Waals surface area (Å²) in [7, 11) is 1.77. The van der Waals surface area contributed by atoms with Gasteiger partial charge in [-0.05, 0) is 42.8 Å². The van der Waals surface area contributed by atoms with Crippen molar-refractivity contribution in [2.75, 3.05) is 5.32 Å². The monoisotopic (exact) mass is 319 g/mol. The van der Waals surface area contributed by atoms with Gasteiger partial charge in [-0.25, -0.2) is 4.98 Å². The third kappa shape index (κ3) is 3.10. The second kappa shape index (κ2) is 6.50. The summed E-state index contributed by atoms with van der Waals surface area (Å²) in [6.07, 6.45) is 3.31. The van der Waals surface area contributed by atoms with Gasteiger partial charge in [-0.2, -0.15) is 0 Å². The van der Waals surface area contributed by atoms with Crippen LogP contribution in [0.15, 0.2) is 60.9 Å². The molecule has 0 aliphatic carbocycles. The fraction of sp³-hybridized carbons (Fsp3) is 0.105. The minimum Gasteiger partial charge on any atom is -0.331 e. The third-order valence-electron chi connectivity index (χ3n) is 3.82. The van der Waals surface area contributed by atoms with E-state index in [9.17, 15) is 9.59 Å². The van der Waals surface area contributed by atoms with Gasteiger partial charge >= 0.3 is 0 Å². The number of hydrogen-bond donors (Lipinski definition) is 1. The zero-order chi connectivity index (χ0) is 17.1. The number of imidazole rings is 1. The summed E-state index contributed by atoms with van der Waals surface area (Å²) in [5, 5.41) is 2.84. The van der Waals surface area contributed by atoms with Crippen molar-refractivity contribution in [3.8, 4) is 0 Å². The van der Waals surface area contributed by atoms with Crippen molar-refractivity contribution in [3.63, 3.8) is 0 Å². The highest BCUT2D eigenvalue weighted by Gasteiger charge is 2.14. The average molecular weight is 319 g/mol. The van der Waals surface area contributed by atoms with E-state index in [0.29, 0.717) is 22.6 Å². The molecule has 0 unspecified atom stereocenters. The number of hydrogen-bond acceptors (Lipinski definition) is 3. The molecular weight excluding hydrogens is 302 g/mol. The second-order valence-corrected chi connectivity index (χ2v) is 5.54. The highest BCUT2D eigenvalue weighted by atomic mass is 16.1. The van der Waals surface area contributed by atoms with Crippen molar-refractivity contribution in [1.29, 1.82) is 0 Å². The molecule has 2 aromatic carbocycles.